The zero-order chi connectivity index (χ0) is 20.1. The lowest BCUT2D eigenvalue weighted by atomic mass is 10.0. The maximum absolute atomic E-state index is 13.5. The molecule has 0 aliphatic carbocycles. The molecule has 2 aromatic carbocycles. The average Bonchev–Trinajstić information content (AvgIpc) is 3.20. The highest BCUT2D eigenvalue weighted by Crippen LogP contribution is 2.27. The predicted molar refractivity (Wildman–Crippen MR) is 112 cm³/mol. The third-order valence-corrected chi connectivity index (χ3v) is 5.45. The van der Waals surface area contributed by atoms with E-state index in [2.05, 4.69) is 5.32 Å². The van der Waals surface area contributed by atoms with E-state index in [0.717, 1.165) is 29.8 Å². The van der Waals surface area contributed by atoms with E-state index in [-0.39, 0.29) is 17.9 Å². The highest BCUT2D eigenvalue weighted by molar-refractivity contribution is 5.98. The Hall–Kier alpha value is -2.66. The van der Waals surface area contributed by atoms with Gasteiger partial charge in [0.1, 0.15) is 12.1 Å². The average molecular weight is 380 g/mol. The second kappa shape index (κ2) is 9.02. The van der Waals surface area contributed by atoms with Crippen LogP contribution >= 0.6 is 0 Å². The van der Waals surface area contributed by atoms with Gasteiger partial charge in [-0.3, -0.25) is 14.5 Å². The molecule has 0 bridgehead atoms. The van der Waals surface area contributed by atoms with E-state index < -0.39 is 6.04 Å². The number of carbonyl (C=O) groups excluding carboxylic acids is 2. The van der Waals surface area contributed by atoms with Crippen LogP contribution in [0, 0.1) is 6.92 Å². The topological polar surface area (TPSA) is 52.7 Å². The molecule has 5 heteroatoms. The van der Waals surface area contributed by atoms with Gasteiger partial charge in [-0.2, -0.15) is 0 Å². The number of hydrogen-bond acceptors (Lipinski definition) is 3. The summed E-state index contributed by atoms with van der Waals surface area (Å²) in [4.78, 5) is 30.1. The van der Waals surface area contributed by atoms with Crippen molar-refractivity contribution in [1.82, 2.24) is 9.80 Å². The summed E-state index contributed by atoms with van der Waals surface area (Å²) in [6, 6.07) is 16.7. The number of anilines is 1. The Morgan fingerprint density at radius 1 is 1.14 bits per heavy atom. The first-order valence-electron chi connectivity index (χ1n) is 9.94. The lowest BCUT2D eigenvalue weighted by molar-refractivity contribution is -0.141. The molecule has 2 amide bonds. The van der Waals surface area contributed by atoms with Crippen molar-refractivity contribution >= 4 is 17.5 Å². The van der Waals surface area contributed by atoms with Crippen molar-refractivity contribution in [2.24, 2.45) is 0 Å². The molecule has 5 nitrogen and oxygen atoms in total. The molecule has 2 aromatic rings. The minimum atomic E-state index is -0.426. The minimum Gasteiger partial charge on any atom is -0.329 e. The first-order chi connectivity index (χ1) is 13.5. The maximum Gasteiger partial charge on any atom is 0.247 e. The largest absolute Gasteiger partial charge is 0.329 e. The normalized spacial score (nSPS) is 17.6. The van der Waals surface area contributed by atoms with Crippen molar-refractivity contribution in [1.29, 1.82) is 0 Å². The molecule has 148 valence electrons. The number of likely N-dealkylation sites (tertiary alicyclic amines) is 1. The zero-order valence-corrected chi connectivity index (χ0v) is 16.9. The minimum absolute atomic E-state index is 0.00268. The molecule has 0 saturated carbocycles. The van der Waals surface area contributed by atoms with Gasteiger partial charge in [-0.05, 0) is 51.1 Å². The highest BCUT2D eigenvalue weighted by atomic mass is 16.2. The second-order valence-corrected chi connectivity index (χ2v) is 7.43. The fourth-order valence-corrected chi connectivity index (χ4v) is 3.73. The van der Waals surface area contributed by atoms with E-state index in [0.29, 0.717) is 13.0 Å². The van der Waals surface area contributed by atoms with Crippen molar-refractivity contribution in [3.05, 3.63) is 65.7 Å². The standard InChI is InChI=1S/C23H29N3O2/c1-4-25(3)21(18-9-6-5-7-10-18)23(28)26-16-8-11-20(26)22(27)24-19-14-12-17(2)13-15-19/h5-7,9-10,12-15,20-21H,4,8,11,16H2,1-3H3,(H,24,27)/t20-,21?/m0/s1. The van der Waals surface area contributed by atoms with Crippen molar-refractivity contribution in [3.8, 4) is 0 Å². The molecule has 0 radical (unpaired) electrons. The molecule has 3 rings (SSSR count). The van der Waals surface area contributed by atoms with Crippen LogP contribution in [0.3, 0.4) is 0 Å². The van der Waals surface area contributed by atoms with Crippen molar-refractivity contribution < 1.29 is 9.59 Å². The molecule has 1 fully saturated rings. The van der Waals surface area contributed by atoms with Gasteiger partial charge in [0.25, 0.3) is 0 Å². The van der Waals surface area contributed by atoms with E-state index in [9.17, 15) is 9.59 Å². The monoisotopic (exact) mass is 379 g/mol. The fourth-order valence-electron chi connectivity index (χ4n) is 3.73. The lowest BCUT2D eigenvalue weighted by Crippen LogP contribution is -2.48. The van der Waals surface area contributed by atoms with Crippen LogP contribution in [0.2, 0.25) is 0 Å². The summed E-state index contributed by atoms with van der Waals surface area (Å²) in [6.07, 6.45) is 1.54. The molecule has 0 aromatic heterocycles. The van der Waals surface area contributed by atoms with Crippen LogP contribution in [0.25, 0.3) is 0 Å². The molecule has 1 aliphatic rings. The molecule has 28 heavy (non-hydrogen) atoms. The van der Waals surface area contributed by atoms with Crippen molar-refractivity contribution in [3.63, 3.8) is 0 Å². The Morgan fingerprint density at radius 3 is 2.46 bits per heavy atom. The molecule has 2 atom stereocenters. The number of amides is 2. The molecule has 1 heterocycles. The quantitative estimate of drug-likeness (QED) is 0.834. The molecule has 1 saturated heterocycles. The number of nitrogens with one attached hydrogen (secondary N) is 1. The van der Waals surface area contributed by atoms with Gasteiger partial charge in [-0.25, -0.2) is 0 Å². The third kappa shape index (κ3) is 4.42. The molecular weight excluding hydrogens is 350 g/mol. The van der Waals surface area contributed by atoms with Crippen LogP contribution in [0.5, 0.6) is 0 Å². The molecule has 1 aliphatic heterocycles. The predicted octanol–water partition coefficient (Wildman–Crippen LogP) is 3.62. The Labute approximate surface area is 167 Å². The van der Waals surface area contributed by atoms with Gasteiger partial charge in [0, 0.05) is 12.2 Å². The molecule has 1 unspecified atom stereocenters. The first kappa shape index (κ1) is 20.1. The molecule has 1 N–H and O–H groups in total. The van der Waals surface area contributed by atoms with Gasteiger partial charge in [0.2, 0.25) is 11.8 Å². The Bertz CT molecular complexity index is 804. The number of aryl methyl sites for hydroxylation is 1. The second-order valence-electron chi connectivity index (χ2n) is 7.43. The van der Waals surface area contributed by atoms with Gasteiger partial charge < -0.3 is 10.2 Å². The number of hydrogen-bond donors (Lipinski definition) is 1. The number of benzene rings is 2. The first-order valence-corrected chi connectivity index (χ1v) is 9.94. The van der Waals surface area contributed by atoms with Crippen LogP contribution in [0.15, 0.2) is 54.6 Å². The highest BCUT2D eigenvalue weighted by Gasteiger charge is 2.38. The van der Waals surface area contributed by atoms with Crippen LogP contribution in [0.1, 0.15) is 36.9 Å². The van der Waals surface area contributed by atoms with Crippen LogP contribution < -0.4 is 5.32 Å². The number of carbonyl (C=O) groups is 2. The van der Waals surface area contributed by atoms with Gasteiger partial charge in [-0.15, -0.1) is 0 Å². The van der Waals surface area contributed by atoms with Crippen LogP contribution in [-0.4, -0.2) is 47.8 Å². The van der Waals surface area contributed by atoms with E-state index >= 15 is 0 Å². The number of nitrogens with zero attached hydrogens (tertiary/aromatic N) is 2. The smallest absolute Gasteiger partial charge is 0.247 e. The van der Waals surface area contributed by atoms with Crippen LogP contribution in [-0.2, 0) is 9.59 Å². The summed E-state index contributed by atoms with van der Waals surface area (Å²) in [6.45, 7) is 5.41. The lowest BCUT2D eigenvalue weighted by Gasteiger charge is -2.33. The van der Waals surface area contributed by atoms with E-state index in [1.165, 1.54) is 0 Å². The summed E-state index contributed by atoms with van der Waals surface area (Å²) >= 11 is 0. The van der Waals surface area contributed by atoms with Crippen molar-refractivity contribution in [2.45, 2.75) is 38.8 Å². The third-order valence-electron chi connectivity index (χ3n) is 5.45. The van der Waals surface area contributed by atoms with Crippen LogP contribution in [0.4, 0.5) is 5.69 Å². The summed E-state index contributed by atoms with van der Waals surface area (Å²) in [5, 5.41) is 2.97. The van der Waals surface area contributed by atoms with Gasteiger partial charge in [0.15, 0.2) is 0 Å². The fraction of sp³-hybridized carbons (Fsp3) is 0.391. The Balaban J connectivity index is 1.78. The van der Waals surface area contributed by atoms with E-state index in [4.69, 9.17) is 0 Å². The van der Waals surface area contributed by atoms with E-state index in [1.807, 2.05) is 80.4 Å². The summed E-state index contributed by atoms with van der Waals surface area (Å²) < 4.78 is 0. The molecular formula is C23H29N3O2. The summed E-state index contributed by atoms with van der Waals surface area (Å²) in [5.41, 5.74) is 2.87. The van der Waals surface area contributed by atoms with Crippen molar-refractivity contribution in [2.75, 3.05) is 25.5 Å². The van der Waals surface area contributed by atoms with Gasteiger partial charge in [0.05, 0.1) is 0 Å². The summed E-state index contributed by atoms with van der Waals surface area (Å²) in [5.74, 6) is -0.113. The van der Waals surface area contributed by atoms with Gasteiger partial charge >= 0.3 is 0 Å². The Kier molecular flexibility index (Phi) is 6.47. The molecule has 0 spiro atoms. The number of rotatable bonds is 6. The SMILES string of the molecule is CCN(C)C(C(=O)N1CCC[C@H]1C(=O)Nc1ccc(C)cc1)c1ccccc1. The van der Waals surface area contributed by atoms with E-state index in [1.54, 1.807) is 4.90 Å². The summed E-state index contributed by atoms with van der Waals surface area (Å²) in [7, 11) is 1.95. The maximum atomic E-state index is 13.5. The number of likely N-dealkylation sites (N-methyl/N-ethyl adjacent to an activating group) is 1. The zero-order valence-electron chi connectivity index (χ0n) is 16.9. The Morgan fingerprint density at radius 2 is 1.82 bits per heavy atom. The van der Waals surface area contributed by atoms with Gasteiger partial charge in [-0.1, -0.05) is 55.0 Å².